The summed E-state index contributed by atoms with van der Waals surface area (Å²) in [5.41, 5.74) is 7.27. The number of halogens is 1. The minimum absolute atomic E-state index is 0. The molecule has 46 heavy (non-hydrogen) atoms. The van der Waals surface area contributed by atoms with Gasteiger partial charge in [-0.1, -0.05) is 93.9 Å². The van der Waals surface area contributed by atoms with Crippen LogP contribution in [0.2, 0.25) is 19.6 Å². The van der Waals surface area contributed by atoms with Gasteiger partial charge in [-0.15, -0.1) is 59.7 Å². The van der Waals surface area contributed by atoms with E-state index in [1.165, 1.54) is 42.5 Å². The summed E-state index contributed by atoms with van der Waals surface area (Å²) in [5.74, 6) is -0.0767. The number of furan rings is 1. The first kappa shape index (κ1) is 32.5. The van der Waals surface area contributed by atoms with Gasteiger partial charge in [0.15, 0.2) is 0 Å². The smallest absolute Gasteiger partial charge is 0.133 e. The summed E-state index contributed by atoms with van der Waals surface area (Å²) in [6.45, 7) is 10.8. The van der Waals surface area contributed by atoms with Gasteiger partial charge in [0, 0.05) is 39.3 Å². The number of hydrogen-bond donors (Lipinski definition) is 0. The molecule has 0 spiro atoms. The molecule has 3 aromatic carbocycles. The molecule has 0 atom stereocenters. The van der Waals surface area contributed by atoms with Crippen molar-refractivity contribution in [3.63, 3.8) is 0 Å². The molecule has 0 bridgehead atoms. The van der Waals surface area contributed by atoms with Crippen molar-refractivity contribution in [2.75, 3.05) is 0 Å². The van der Waals surface area contributed by atoms with Gasteiger partial charge in [0.1, 0.15) is 11.4 Å². The molecule has 7 rings (SSSR count). The third kappa shape index (κ3) is 7.57. The van der Waals surface area contributed by atoms with Crippen molar-refractivity contribution in [3.05, 3.63) is 114 Å². The van der Waals surface area contributed by atoms with Gasteiger partial charge in [-0.25, -0.2) is 4.39 Å². The van der Waals surface area contributed by atoms with Crippen molar-refractivity contribution in [1.29, 1.82) is 0 Å². The van der Waals surface area contributed by atoms with E-state index < -0.39 is 14.0 Å². The summed E-state index contributed by atoms with van der Waals surface area (Å²) in [7, 11) is -1.50. The Balaban J connectivity index is 0.000000188. The number of fused-ring (bicyclic) bond motifs is 3. The fraction of sp³-hybridized carbons (Fsp3) is 0.300. The molecule has 6 aromatic rings. The molecule has 1 aliphatic carbocycles. The van der Waals surface area contributed by atoms with E-state index >= 15 is 0 Å². The van der Waals surface area contributed by atoms with Gasteiger partial charge in [-0.2, -0.15) is 0 Å². The van der Waals surface area contributed by atoms with E-state index in [2.05, 4.69) is 59.9 Å². The Hall–Kier alpha value is -3.44. The average Bonchev–Trinajstić information content (AvgIpc) is 3.69. The quantitative estimate of drug-likeness (QED) is 0.124. The Bertz CT molecular complexity index is 1970. The van der Waals surface area contributed by atoms with Crippen LogP contribution in [0.3, 0.4) is 0 Å². The van der Waals surface area contributed by atoms with Gasteiger partial charge in [0.25, 0.3) is 0 Å². The first-order valence-corrected chi connectivity index (χ1v) is 19.4. The molecule has 3 aromatic heterocycles. The number of nitrogens with zero attached hydrogens (tertiary/aromatic N) is 2. The number of pyridine rings is 2. The van der Waals surface area contributed by atoms with Gasteiger partial charge in [0.05, 0.1) is 13.7 Å². The van der Waals surface area contributed by atoms with Crippen molar-refractivity contribution in [2.45, 2.75) is 71.5 Å². The third-order valence-corrected chi connectivity index (χ3v) is 10.7. The molecule has 239 valence electrons. The maximum atomic E-state index is 14.3. The molecule has 3 heterocycles. The van der Waals surface area contributed by atoms with Crippen LogP contribution in [-0.2, 0) is 26.5 Å². The van der Waals surface area contributed by atoms with Crippen LogP contribution in [0.15, 0.2) is 89.6 Å². The Kier molecular flexibility index (Phi) is 10.3. The number of benzene rings is 3. The number of hydrogen-bond acceptors (Lipinski definition) is 3. The monoisotopic (exact) mass is 806 g/mol. The molecular formula is C40H41FIrN2OSi-2. The second-order valence-electron chi connectivity index (χ2n) is 13.4. The molecule has 1 saturated carbocycles. The molecule has 1 radical (unpaired) electrons. The minimum atomic E-state index is -1.50. The van der Waals surface area contributed by atoms with Crippen LogP contribution in [-0.4, -0.2) is 18.0 Å². The van der Waals surface area contributed by atoms with Gasteiger partial charge >= 0.3 is 0 Å². The number of aromatic nitrogens is 2. The average molecular weight is 806 g/mol. The maximum Gasteiger partial charge on any atom is 0.133 e. The Morgan fingerprint density at radius 2 is 1.72 bits per heavy atom. The van der Waals surface area contributed by atoms with E-state index in [1.807, 2.05) is 56.6 Å². The minimum Gasteiger partial charge on any atom is -0.500 e. The molecular weight excluding hydrogens is 764 g/mol. The van der Waals surface area contributed by atoms with Crippen LogP contribution in [0.5, 0.6) is 0 Å². The van der Waals surface area contributed by atoms with Crippen LogP contribution in [0.25, 0.3) is 44.5 Å². The van der Waals surface area contributed by atoms with Gasteiger partial charge in [-0.3, -0.25) is 0 Å². The zero-order valence-electron chi connectivity index (χ0n) is 28.2. The van der Waals surface area contributed by atoms with Crippen molar-refractivity contribution >= 4 is 35.2 Å². The zero-order chi connectivity index (χ0) is 32.5. The van der Waals surface area contributed by atoms with E-state index in [0.29, 0.717) is 16.6 Å². The number of rotatable bonds is 6. The van der Waals surface area contributed by atoms with E-state index in [0.717, 1.165) is 45.8 Å². The zero-order valence-corrected chi connectivity index (χ0v) is 30.6. The molecule has 0 unspecified atom stereocenters. The second kappa shape index (κ2) is 14.5. The summed E-state index contributed by atoms with van der Waals surface area (Å²) in [6.07, 6.45) is 10.3. The summed E-state index contributed by atoms with van der Waals surface area (Å²) in [4.78, 5) is 9.13. The van der Waals surface area contributed by atoms with Gasteiger partial charge < -0.3 is 14.4 Å². The van der Waals surface area contributed by atoms with Crippen LogP contribution in [0.1, 0.15) is 57.9 Å². The van der Waals surface area contributed by atoms with Crippen molar-refractivity contribution in [1.82, 2.24) is 9.97 Å². The molecule has 1 fully saturated rings. The van der Waals surface area contributed by atoms with E-state index in [4.69, 9.17) is 5.79 Å². The van der Waals surface area contributed by atoms with Gasteiger partial charge in [-0.05, 0) is 53.0 Å². The van der Waals surface area contributed by atoms with Gasteiger partial charge in [0.2, 0.25) is 0 Å². The van der Waals surface area contributed by atoms with E-state index in [-0.39, 0.29) is 25.9 Å². The molecule has 0 amide bonds. The van der Waals surface area contributed by atoms with Crippen LogP contribution in [0.4, 0.5) is 4.39 Å². The normalized spacial score (nSPS) is 14.1. The second-order valence-corrected chi connectivity index (χ2v) is 18.4. The fourth-order valence-electron chi connectivity index (χ4n) is 6.34. The van der Waals surface area contributed by atoms with E-state index in [1.54, 1.807) is 18.2 Å². The summed E-state index contributed by atoms with van der Waals surface area (Å²) in [5, 5.41) is 2.58. The summed E-state index contributed by atoms with van der Waals surface area (Å²) >= 11 is 0. The molecule has 3 nitrogen and oxygen atoms in total. The van der Waals surface area contributed by atoms with Crippen LogP contribution >= 0.6 is 0 Å². The topological polar surface area (TPSA) is 38.9 Å². The Morgan fingerprint density at radius 3 is 2.43 bits per heavy atom. The molecule has 0 saturated heterocycles. The largest absolute Gasteiger partial charge is 0.500 e. The van der Waals surface area contributed by atoms with E-state index in [9.17, 15) is 4.39 Å². The van der Waals surface area contributed by atoms with Crippen LogP contribution < -0.4 is 5.19 Å². The van der Waals surface area contributed by atoms with Crippen molar-refractivity contribution < 1.29 is 30.3 Å². The SMILES string of the molecule is Fc1cccc2oc3c[c-]c(-c4cc(CC5CCCC5)ccn4)cc3c12.[2H]C(C)(C)c1cc(-c2[c-]cccc2)ncc1[Si](C)(C)C.[Ir]. The Labute approximate surface area is 288 Å². The fourth-order valence-corrected chi connectivity index (χ4v) is 7.92. The molecule has 0 aliphatic heterocycles. The van der Waals surface area contributed by atoms with Crippen molar-refractivity contribution in [3.8, 4) is 22.5 Å². The molecule has 0 N–H and O–H groups in total. The Morgan fingerprint density at radius 1 is 0.935 bits per heavy atom. The van der Waals surface area contributed by atoms with Crippen molar-refractivity contribution in [2.24, 2.45) is 5.92 Å². The third-order valence-electron chi connectivity index (χ3n) is 8.71. The van der Waals surface area contributed by atoms with Crippen LogP contribution in [0, 0.1) is 23.9 Å². The first-order valence-electron chi connectivity index (χ1n) is 16.4. The predicted octanol–water partition coefficient (Wildman–Crippen LogP) is 10.5. The standard InChI is InChI=1S/C23H19FNO.C17H22NSi.Ir/c24-19-6-3-7-22-23(19)18-14-17(8-9-21(18)26-22)20-13-16(10-11-25-20)12-15-4-1-2-5-15;1-13(2)15-11-16(14-9-7-6-8-10-14)18-12-17(15)19(3,4)5;/h3,6-7,9-11,13-15H,1-2,4-5,12H2;6-9,11-13H,1-5H3;/q2*-1;/i;13D;. The predicted molar refractivity (Wildman–Crippen MR) is 187 cm³/mol. The summed E-state index contributed by atoms with van der Waals surface area (Å²) in [6, 6.07) is 29.3. The molecule has 1 aliphatic rings. The molecule has 6 heteroatoms. The maximum absolute atomic E-state index is 14.3. The summed E-state index contributed by atoms with van der Waals surface area (Å²) < 4.78 is 28.5. The first-order chi connectivity index (χ1) is 22.0.